The van der Waals surface area contributed by atoms with Crippen LogP contribution in [0.15, 0.2) is 0 Å². The summed E-state index contributed by atoms with van der Waals surface area (Å²) in [7, 11) is 0. The van der Waals surface area contributed by atoms with E-state index in [0.717, 1.165) is 11.8 Å². The number of hydrogen-bond donors (Lipinski definition) is 1. The summed E-state index contributed by atoms with van der Waals surface area (Å²) >= 11 is 0. The summed E-state index contributed by atoms with van der Waals surface area (Å²) < 4.78 is 0. The molecule has 0 bridgehead atoms. The second kappa shape index (κ2) is 10.5. The minimum atomic E-state index is 0.784. The number of hydrogen-bond acceptors (Lipinski definition) is 1. The SMILES string of the molecule is CCCCC(CC)CCCNCC(C)C. The molecule has 0 spiro atoms. The van der Waals surface area contributed by atoms with Crippen LogP contribution in [0.25, 0.3) is 0 Å². The van der Waals surface area contributed by atoms with E-state index in [-0.39, 0.29) is 0 Å². The summed E-state index contributed by atoms with van der Waals surface area (Å²) in [5, 5.41) is 3.52. The fourth-order valence-electron chi connectivity index (χ4n) is 1.95. The van der Waals surface area contributed by atoms with Crippen LogP contribution in [0.5, 0.6) is 0 Å². The first-order chi connectivity index (χ1) is 7.20. The predicted molar refractivity (Wildman–Crippen MR) is 70.2 cm³/mol. The molecule has 92 valence electrons. The van der Waals surface area contributed by atoms with Crippen molar-refractivity contribution in [2.24, 2.45) is 11.8 Å². The van der Waals surface area contributed by atoms with E-state index < -0.39 is 0 Å². The normalized spacial score (nSPS) is 13.4. The molecule has 0 amide bonds. The van der Waals surface area contributed by atoms with Crippen LogP contribution in [0.4, 0.5) is 0 Å². The molecule has 1 heteroatoms. The molecule has 0 aromatic heterocycles. The Bertz CT molecular complexity index is 121. The molecular weight excluding hydrogens is 182 g/mol. The molecule has 0 aromatic carbocycles. The van der Waals surface area contributed by atoms with Gasteiger partial charge in [0.15, 0.2) is 0 Å². The molecule has 0 saturated heterocycles. The van der Waals surface area contributed by atoms with Gasteiger partial charge in [0.2, 0.25) is 0 Å². The van der Waals surface area contributed by atoms with Gasteiger partial charge in [-0.3, -0.25) is 0 Å². The predicted octanol–water partition coefficient (Wildman–Crippen LogP) is 4.23. The lowest BCUT2D eigenvalue weighted by Crippen LogP contribution is -2.21. The number of unbranched alkanes of at least 4 members (excludes halogenated alkanes) is 1. The molecule has 0 saturated carbocycles. The maximum absolute atomic E-state index is 3.52. The molecule has 0 rings (SSSR count). The Morgan fingerprint density at radius 1 is 1.00 bits per heavy atom. The number of nitrogens with one attached hydrogen (secondary N) is 1. The summed E-state index contributed by atoms with van der Waals surface area (Å²) in [5.74, 6) is 1.76. The van der Waals surface area contributed by atoms with Crippen molar-refractivity contribution in [1.29, 1.82) is 0 Å². The molecular formula is C14H31N. The lowest BCUT2D eigenvalue weighted by Gasteiger charge is -2.14. The zero-order valence-electron chi connectivity index (χ0n) is 11.3. The molecule has 0 aliphatic rings. The van der Waals surface area contributed by atoms with Crippen LogP contribution in [0.3, 0.4) is 0 Å². The van der Waals surface area contributed by atoms with E-state index in [2.05, 4.69) is 33.0 Å². The average Bonchev–Trinajstić information content (AvgIpc) is 2.21. The highest BCUT2D eigenvalue weighted by Gasteiger charge is 2.04. The fraction of sp³-hybridized carbons (Fsp3) is 1.00. The van der Waals surface area contributed by atoms with Crippen molar-refractivity contribution in [3.05, 3.63) is 0 Å². The highest BCUT2D eigenvalue weighted by molar-refractivity contribution is 4.59. The first-order valence-electron chi connectivity index (χ1n) is 6.91. The highest BCUT2D eigenvalue weighted by atomic mass is 14.8. The summed E-state index contributed by atoms with van der Waals surface area (Å²) in [6.07, 6.45) is 8.35. The van der Waals surface area contributed by atoms with Gasteiger partial charge in [0, 0.05) is 0 Å². The van der Waals surface area contributed by atoms with Crippen LogP contribution in [0, 0.1) is 11.8 Å². The van der Waals surface area contributed by atoms with E-state index in [1.807, 2.05) is 0 Å². The Hall–Kier alpha value is -0.0400. The van der Waals surface area contributed by atoms with Crippen molar-refractivity contribution in [3.8, 4) is 0 Å². The molecule has 0 fully saturated rings. The second-order valence-electron chi connectivity index (χ2n) is 5.16. The maximum Gasteiger partial charge on any atom is -0.00258 e. The molecule has 0 aliphatic carbocycles. The molecule has 0 aromatic rings. The van der Waals surface area contributed by atoms with E-state index >= 15 is 0 Å². The number of rotatable bonds is 10. The summed E-state index contributed by atoms with van der Waals surface area (Å²) in [6.45, 7) is 11.5. The van der Waals surface area contributed by atoms with Crippen molar-refractivity contribution in [3.63, 3.8) is 0 Å². The summed E-state index contributed by atoms with van der Waals surface area (Å²) in [5.41, 5.74) is 0. The van der Waals surface area contributed by atoms with E-state index in [0.29, 0.717) is 0 Å². The smallest absolute Gasteiger partial charge is 0.00258 e. The molecule has 1 N–H and O–H groups in total. The third-order valence-corrected chi connectivity index (χ3v) is 3.06. The molecule has 0 heterocycles. The Morgan fingerprint density at radius 2 is 1.67 bits per heavy atom. The van der Waals surface area contributed by atoms with Gasteiger partial charge in [-0.1, -0.05) is 53.4 Å². The van der Waals surface area contributed by atoms with Gasteiger partial charge in [0.25, 0.3) is 0 Å². The standard InChI is InChI=1S/C14H31N/c1-5-7-9-14(6-2)10-8-11-15-12-13(3)4/h13-15H,5-12H2,1-4H3. The fourth-order valence-corrected chi connectivity index (χ4v) is 1.95. The quantitative estimate of drug-likeness (QED) is 0.536. The Balaban J connectivity index is 3.30. The van der Waals surface area contributed by atoms with Crippen LogP contribution in [0.2, 0.25) is 0 Å². The maximum atomic E-state index is 3.52. The lowest BCUT2D eigenvalue weighted by molar-refractivity contribution is 0.401. The second-order valence-corrected chi connectivity index (χ2v) is 5.16. The zero-order valence-corrected chi connectivity index (χ0v) is 11.3. The van der Waals surface area contributed by atoms with Gasteiger partial charge in [0.05, 0.1) is 0 Å². The van der Waals surface area contributed by atoms with E-state index in [1.165, 1.54) is 51.6 Å². The van der Waals surface area contributed by atoms with Crippen LogP contribution in [-0.4, -0.2) is 13.1 Å². The molecule has 1 nitrogen and oxygen atoms in total. The molecule has 0 aliphatic heterocycles. The van der Waals surface area contributed by atoms with Crippen molar-refractivity contribution < 1.29 is 0 Å². The topological polar surface area (TPSA) is 12.0 Å². The molecule has 1 atom stereocenters. The molecule has 0 radical (unpaired) electrons. The van der Waals surface area contributed by atoms with E-state index in [4.69, 9.17) is 0 Å². The van der Waals surface area contributed by atoms with Crippen LogP contribution in [-0.2, 0) is 0 Å². The van der Waals surface area contributed by atoms with Gasteiger partial charge < -0.3 is 5.32 Å². The lowest BCUT2D eigenvalue weighted by atomic mass is 9.94. The van der Waals surface area contributed by atoms with E-state index in [9.17, 15) is 0 Å². The van der Waals surface area contributed by atoms with E-state index in [1.54, 1.807) is 0 Å². The third kappa shape index (κ3) is 10.2. The minimum absolute atomic E-state index is 0.784. The van der Waals surface area contributed by atoms with Gasteiger partial charge in [0.1, 0.15) is 0 Å². The van der Waals surface area contributed by atoms with Crippen molar-refractivity contribution in [1.82, 2.24) is 5.32 Å². The first kappa shape index (κ1) is 15.0. The van der Waals surface area contributed by atoms with Gasteiger partial charge >= 0.3 is 0 Å². The average molecular weight is 213 g/mol. The monoisotopic (exact) mass is 213 g/mol. The van der Waals surface area contributed by atoms with Crippen molar-refractivity contribution in [2.45, 2.75) is 66.2 Å². The largest absolute Gasteiger partial charge is 0.316 e. The summed E-state index contributed by atoms with van der Waals surface area (Å²) in [4.78, 5) is 0. The summed E-state index contributed by atoms with van der Waals surface area (Å²) in [6, 6.07) is 0. The van der Waals surface area contributed by atoms with Crippen LogP contribution < -0.4 is 5.32 Å². The van der Waals surface area contributed by atoms with Crippen molar-refractivity contribution in [2.75, 3.05) is 13.1 Å². The Morgan fingerprint density at radius 3 is 2.20 bits per heavy atom. The zero-order chi connectivity index (χ0) is 11.5. The van der Waals surface area contributed by atoms with Gasteiger partial charge in [-0.15, -0.1) is 0 Å². The molecule has 1 unspecified atom stereocenters. The van der Waals surface area contributed by atoms with Crippen LogP contribution in [0.1, 0.15) is 66.2 Å². The third-order valence-electron chi connectivity index (χ3n) is 3.06. The van der Waals surface area contributed by atoms with Crippen LogP contribution >= 0.6 is 0 Å². The van der Waals surface area contributed by atoms with Gasteiger partial charge in [-0.2, -0.15) is 0 Å². The minimum Gasteiger partial charge on any atom is -0.316 e. The highest BCUT2D eigenvalue weighted by Crippen LogP contribution is 2.17. The van der Waals surface area contributed by atoms with Crippen molar-refractivity contribution >= 4 is 0 Å². The Labute approximate surface area is 97.0 Å². The first-order valence-corrected chi connectivity index (χ1v) is 6.91. The Kier molecular flexibility index (Phi) is 10.4. The molecule has 15 heavy (non-hydrogen) atoms. The van der Waals surface area contributed by atoms with Gasteiger partial charge in [-0.05, 0) is 37.8 Å². The van der Waals surface area contributed by atoms with Gasteiger partial charge in [-0.25, -0.2) is 0 Å².